The van der Waals surface area contributed by atoms with Crippen molar-refractivity contribution in [2.75, 3.05) is 5.32 Å². The van der Waals surface area contributed by atoms with Crippen molar-refractivity contribution in [3.8, 4) is 0 Å². The van der Waals surface area contributed by atoms with E-state index >= 15 is 0 Å². The molecule has 0 aliphatic rings. The highest BCUT2D eigenvalue weighted by Gasteiger charge is 2.31. The Morgan fingerprint density at radius 2 is 1.81 bits per heavy atom. The highest BCUT2D eigenvalue weighted by atomic mass is 35.5. The molecule has 0 saturated carbocycles. The van der Waals surface area contributed by atoms with Crippen LogP contribution in [-0.2, 0) is 12.7 Å². The number of aryl methyl sites for hydroxylation is 1. The Labute approximate surface area is 124 Å². The van der Waals surface area contributed by atoms with Crippen LogP contribution in [0, 0.1) is 12.7 Å². The van der Waals surface area contributed by atoms with Crippen molar-refractivity contribution in [1.29, 1.82) is 0 Å². The van der Waals surface area contributed by atoms with E-state index in [0.29, 0.717) is 5.56 Å². The van der Waals surface area contributed by atoms with Crippen molar-refractivity contribution in [1.82, 2.24) is 0 Å². The van der Waals surface area contributed by atoms with Crippen LogP contribution in [-0.4, -0.2) is 0 Å². The molecule has 2 aromatic rings. The highest BCUT2D eigenvalue weighted by Crippen LogP contribution is 2.33. The van der Waals surface area contributed by atoms with E-state index in [1.165, 1.54) is 18.2 Å². The van der Waals surface area contributed by atoms with Crippen LogP contribution in [0.15, 0.2) is 36.4 Å². The fourth-order valence-electron chi connectivity index (χ4n) is 1.88. The van der Waals surface area contributed by atoms with E-state index in [4.69, 9.17) is 11.6 Å². The lowest BCUT2D eigenvalue weighted by Gasteiger charge is -2.13. The smallest absolute Gasteiger partial charge is 0.381 e. The van der Waals surface area contributed by atoms with Crippen LogP contribution in [0.1, 0.15) is 16.7 Å². The summed E-state index contributed by atoms with van der Waals surface area (Å²) in [5.41, 5.74) is 0.928. The number of hydrogen-bond donors (Lipinski definition) is 1. The number of rotatable bonds is 3. The van der Waals surface area contributed by atoms with E-state index in [1.807, 2.05) is 0 Å². The van der Waals surface area contributed by atoms with Crippen LogP contribution in [0.25, 0.3) is 0 Å². The van der Waals surface area contributed by atoms with Crippen LogP contribution in [0.2, 0.25) is 5.02 Å². The lowest BCUT2D eigenvalue weighted by Crippen LogP contribution is -2.07. The minimum absolute atomic E-state index is 0.0108. The first kappa shape index (κ1) is 15.6. The lowest BCUT2D eigenvalue weighted by atomic mass is 10.1. The molecule has 0 atom stereocenters. The Morgan fingerprint density at radius 3 is 2.48 bits per heavy atom. The number of alkyl halides is 3. The van der Waals surface area contributed by atoms with Crippen molar-refractivity contribution >= 4 is 17.3 Å². The third-order valence-electron chi connectivity index (χ3n) is 3.02. The quantitative estimate of drug-likeness (QED) is 0.745. The van der Waals surface area contributed by atoms with Crippen LogP contribution >= 0.6 is 11.6 Å². The number of benzene rings is 2. The van der Waals surface area contributed by atoms with Crippen LogP contribution in [0.3, 0.4) is 0 Å². The maximum Gasteiger partial charge on any atom is 0.416 e. The first-order chi connectivity index (χ1) is 9.75. The van der Waals surface area contributed by atoms with Crippen LogP contribution in [0.5, 0.6) is 0 Å². The highest BCUT2D eigenvalue weighted by molar-refractivity contribution is 6.30. The summed E-state index contributed by atoms with van der Waals surface area (Å²) in [6.07, 6.45) is -4.46. The van der Waals surface area contributed by atoms with E-state index in [1.54, 1.807) is 13.0 Å². The molecule has 0 aromatic heterocycles. The summed E-state index contributed by atoms with van der Waals surface area (Å²) < 4.78 is 51.2. The summed E-state index contributed by atoms with van der Waals surface area (Å²) in [6.45, 7) is 2.01. The van der Waals surface area contributed by atoms with Gasteiger partial charge in [-0.05, 0) is 48.4 Å². The zero-order valence-electron chi connectivity index (χ0n) is 11.1. The zero-order chi connectivity index (χ0) is 15.6. The molecule has 0 amide bonds. The second-order valence-corrected chi connectivity index (χ2v) is 5.09. The van der Waals surface area contributed by atoms with Gasteiger partial charge in [0.05, 0.1) is 5.56 Å². The van der Waals surface area contributed by atoms with Crippen molar-refractivity contribution in [3.05, 3.63) is 63.9 Å². The Bertz CT molecular complexity index is 653. The molecule has 0 saturated heterocycles. The molecule has 0 heterocycles. The first-order valence-electron chi connectivity index (χ1n) is 6.12. The van der Waals surface area contributed by atoms with Gasteiger partial charge in [-0.15, -0.1) is 0 Å². The van der Waals surface area contributed by atoms with Gasteiger partial charge in [-0.1, -0.05) is 17.7 Å². The predicted octanol–water partition coefficient (Wildman–Crippen LogP) is 5.42. The summed E-state index contributed by atoms with van der Waals surface area (Å²) in [5, 5.41) is 2.82. The summed E-state index contributed by atoms with van der Waals surface area (Å²) in [5.74, 6) is -0.389. The molecule has 0 unspecified atom stereocenters. The van der Waals surface area contributed by atoms with Crippen molar-refractivity contribution in [2.24, 2.45) is 0 Å². The van der Waals surface area contributed by atoms with Gasteiger partial charge in [-0.3, -0.25) is 0 Å². The Balaban J connectivity index is 2.20. The number of halogens is 5. The van der Waals surface area contributed by atoms with Crippen molar-refractivity contribution in [3.63, 3.8) is 0 Å². The zero-order valence-corrected chi connectivity index (χ0v) is 11.8. The number of hydrogen-bond acceptors (Lipinski definition) is 1. The molecule has 21 heavy (non-hydrogen) atoms. The molecule has 112 valence electrons. The van der Waals surface area contributed by atoms with Gasteiger partial charge in [-0.25, -0.2) is 4.39 Å². The van der Waals surface area contributed by atoms with E-state index < -0.39 is 11.7 Å². The average Bonchev–Trinajstić information content (AvgIpc) is 2.38. The molecule has 0 fully saturated rings. The summed E-state index contributed by atoms with van der Waals surface area (Å²) >= 11 is 5.69. The fraction of sp³-hybridized carbons (Fsp3) is 0.200. The van der Waals surface area contributed by atoms with Crippen molar-refractivity contribution < 1.29 is 17.6 Å². The van der Waals surface area contributed by atoms with E-state index in [0.717, 1.165) is 17.7 Å². The summed E-state index contributed by atoms with van der Waals surface area (Å²) in [7, 11) is 0. The second kappa shape index (κ2) is 5.93. The van der Waals surface area contributed by atoms with Gasteiger partial charge in [0, 0.05) is 17.3 Å². The molecule has 2 rings (SSSR count). The average molecular weight is 318 g/mol. The molecule has 0 radical (unpaired) electrons. The maximum absolute atomic E-state index is 13.2. The predicted molar refractivity (Wildman–Crippen MR) is 74.9 cm³/mol. The third-order valence-corrected chi connectivity index (χ3v) is 3.24. The maximum atomic E-state index is 13.2. The number of nitrogens with one attached hydrogen (secondary N) is 1. The van der Waals surface area contributed by atoms with Crippen LogP contribution in [0.4, 0.5) is 23.2 Å². The van der Waals surface area contributed by atoms with Gasteiger partial charge < -0.3 is 5.32 Å². The SMILES string of the molecule is Cc1ccc(F)cc1CNc1cc(Cl)cc(C(F)(F)F)c1. The number of anilines is 1. The van der Waals surface area contributed by atoms with Gasteiger partial charge in [0.15, 0.2) is 0 Å². The first-order valence-corrected chi connectivity index (χ1v) is 6.50. The van der Waals surface area contributed by atoms with Gasteiger partial charge in [0.1, 0.15) is 5.82 Å². The van der Waals surface area contributed by atoms with E-state index in [9.17, 15) is 17.6 Å². The summed E-state index contributed by atoms with van der Waals surface area (Å²) in [6, 6.07) is 7.52. The molecular formula is C15H12ClF4N. The topological polar surface area (TPSA) is 12.0 Å². The fourth-order valence-corrected chi connectivity index (χ4v) is 2.12. The standard InChI is InChI=1S/C15H12ClF4N/c1-9-2-3-13(17)4-10(9)8-21-14-6-11(15(18,19)20)5-12(16)7-14/h2-7,21H,8H2,1H3. The minimum Gasteiger partial charge on any atom is -0.381 e. The molecule has 1 N–H and O–H groups in total. The molecule has 0 bridgehead atoms. The molecule has 0 aliphatic heterocycles. The molecule has 2 aromatic carbocycles. The molecule has 1 nitrogen and oxygen atoms in total. The Kier molecular flexibility index (Phi) is 4.42. The van der Waals surface area contributed by atoms with E-state index in [2.05, 4.69) is 5.32 Å². The monoisotopic (exact) mass is 317 g/mol. The van der Waals surface area contributed by atoms with Gasteiger partial charge in [-0.2, -0.15) is 13.2 Å². The second-order valence-electron chi connectivity index (χ2n) is 4.65. The van der Waals surface area contributed by atoms with E-state index in [-0.39, 0.29) is 23.1 Å². The normalized spacial score (nSPS) is 11.5. The summed E-state index contributed by atoms with van der Waals surface area (Å²) in [4.78, 5) is 0. The van der Waals surface area contributed by atoms with Crippen LogP contribution < -0.4 is 5.32 Å². The molecule has 0 spiro atoms. The van der Waals surface area contributed by atoms with Crippen molar-refractivity contribution in [2.45, 2.75) is 19.6 Å². The Morgan fingerprint density at radius 1 is 1.10 bits per heavy atom. The minimum atomic E-state index is -4.46. The molecular weight excluding hydrogens is 306 g/mol. The van der Waals surface area contributed by atoms with Gasteiger partial charge in [0.25, 0.3) is 0 Å². The third kappa shape index (κ3) is 4.11. The molecule has 6 heteroatoms. The van der Waals surface area contributed by atoms with Gasteiger partial charge >= 0.3 is 6.18 Å². The molecule has 0 aliphatic carbocycles. The lowest BCUT2D eigenvalue weighted by molar-refractivity contribution is -0.137. The largest absolute Gasteiger partial charge is 0.416 e. The van der Waals surface area contributed by atoms with Gasteiger partial charge in [0.2, 0.25) is 0 Å². The Hall–Kier alpha value is -1.75.